The molecule has 2 rings (SSSR count). The van der Waals surface area contributed by atoms with Gasteiger partial charge in [-0.25, -0.2) is 0 Å². The predicted octanol–water partition coefficient (Wildman–Crippen LogP) is 3.41. The van der Waals surface area contributed by atoms with Crippen LogP contribution in [0.2, 0.25) is 0 Å². The average molecular weight is 360 g/mol. The second-order valence-electron chi connectivity index (χ2n) is 7.38. The molecule has 1 N–H and O–H groups in total. The van der Waals surface area contributed by atoms with E-state index in [1.807, 2.05) is 17.9 Å². The van der Waals surface area contributed by atoms with E-state index in [0.29, 0.717) is 18.9 Å². The highest BCUT2D eigenvalue weighted by molar-refractivity contribution is 5.77. The topological polar surface area (TPSA) is 58.6 Å². The van der Waals surface area contributed by atoms with Crippen molar-refractivity contribution >= 4 is 11.8 Å². The third-order valence-corrected chi connectivity index (χ3v) is 4.75. The summed E-state index contributed by atoms with van der Waals surface area (Å²) in [7, 11) is 0. The first-order valence-corrected chi connectivity index (χ1v) is 9.75. The van der Waals surface area contributed by atoms with Crippen molar-refractivity contribution in [3.63, 3.8) is 0 Å². The summed E-state index contributed by atoms with van der Waals surface area (Å²) >= 11 is 0. The fourth-order valence-electron chi connectivity index (χ4n) is 3.21. The van der Waals surface area contributed by atoms with Gasteiger partial charge in [-0.3, -0.25) is 9.59 Å². The maximum absolute atomic E-state index is 12.0. The van der Waals surface area contributed by atoms with Crippen molar-refractivity contribution in [2.75, 3.05) is 26.2 Å². The summed E-state index contributed by atoms with van der Waals surface area (Å²) in [5, 5.41) is 2.88. The van der Waals surface area contributed by atoms with Crippen LogP contribution < -0.4 is 10.1 Å². The molecule has 5 nitrogen and oxygen atoms in total. The lowest BCUT2D eigenvalue weighted by Crippen LogP contribution is -2.35. The van der Waals surface area contributed by atoms with Crippen LogP contribution in [-0.2, 0) is 9.59 Å². The zero-order valence-corrected chi connectivity index (χ0v) is 16.3. The zero-order chi connectivity index (χ0) is 18.9. The number of carbonyl (C=O) groups excluding carboxylic acids is 2. The Bertz CT molecular complexity index is 613. The number of hydrogen-bond donors (Lipinski definition) is 1. The Hall–Kier alpha value is -2.04. The van der Waals surface area contributed by atoms with E-state index in [1.54, 1.807) is 0 Å². The Morgan fingerprint density at radius 1 is 1.27 bits per heavy atom. The SMILES string of the molecule is Cc1ccc(C(C)C)c(OCC(=O)NCCCN2CCCCCC2=O)c1. The smallest absolute Gasteiger partial charge is 0.257 e. The van der Waals surface area contributed by atoms with Gasteiger partial charge in [0.2, 0.25) is 5.91 Å². The van der Waals surface area contributed by atoms with E-state index in [0.717, 1.165) is 55.6 Å². The first-order chi connectivity index (χ1) is 12.5. The van der Waals surface area contributed by atoms with Crippen LogP contribution in [0, 0.1) is 6.92 Å². The zero-order valence-electron chi connectivity index (χ0n) is 16.3. The van der Waals surface area contributed by atoms with Crippen molar-refractivity contribution in [3.8, 4) is 5.75 Å². The Morgan fingerprint density at radius 2 is 2.08 bits per heavy atom. The molecule has 1 fully saturated rings. The molecule has 1 saturated heterocycles. The summed E-state index contributed by atoms with van der Waals surface area (Å²) < 4.78 is 5.75. The molecule has 1 aromatic carbocycles. The van der Waals surface area contributed by atoms with Gasteiger partial charge in [0, 0.05) is 26.1 Å². The van der Waals surface area contributed by atoms with Crippen LogP contribution in [-0.4, -0.2) is 43.0 Å². The number of nitrogens with one attached hydrogen (secondary N) is 1. The standard InChI is InChI=1S/C21H32N2O3/c1-16(2)18-10-9-17(3)14-19(18)26-15-20(24)22-11-7-13-23-12-6-4-5-8-21(23)25/h9-10,14,16H,4-8,11-13,15H2,1-3H3,(H,22,24). The Morgan fingerprint density at radius 3 is 2.85 bits per heavy atom. The molecule has 0 bridgehead atoms. The normalized spacial score (nSPS) is 15.1. The molecule has 2 amide bonds. The van der Waals surface area contributed by atoms with Crippen molar-refractivity contribution in [2.24, 2.45) is 0 Å². The molecule has 1 heterocycles. The summed E-state index contributed by atoms with van der Waals surface area (Å²) in [5.41, 5.74) is 2.23. The van der Waals surface area contributed by atoms with Crippen LogP contribution in [0.25, 0.3) is 0 Å². The van der Waals surface area contributed by atoms with Crippen LogP contribution in [0.15, 0.2) is 18.2 Å². The molecule has 0 saturated carbocycles. The molecule has 0 atom stereocenters. The van der Waals surface area contributed by atoms with Crippen molar-refractivity contribution in [3.05, 3.63) is 29.3 Å². The van der Waals surface area contributed by atoms with Crippen LogP contribution in [0.4, 0.5) is 0 Å². The molecular weight excluding hydrogens is 328 g/mol. The highest BCUT2D eigenvalue weighted by Gasteiger charge is 2.16. The maximum Gasteiger partial charge on any atom is 0.257 e. The number of benzene rings is 1. The first-order valence-electron chi connectivity index (χ1n) is 9.75. The van der Waals surface area contributed by atoms with E-state index in [1.165, 1.54) is 0 Å². The monoisotopic (exact) mass is 360 g/mol. The van der Waals surface area contributed by atoms with E-state index >= 15 is 0 Å². The van der Waals surface area contributed by atoms with Gasteiger partial charge in [-0.2, -0.15) is 0 Å². The van der Waals surface area contributed by atoms with Crippen molar-refractivity contribution in [2.45, 2.75) is 58.8 Å². The quantitative estimate of drug-likeness (QED) is 0.723. The van der Waals surface area contributed by atoms with E-state index in [4.69, 9.17) is 4.74 Å². The van der Waals surface area contributed by atoms with Gasteiger partial charge in [0.15, 0.2) is 6.61 Å². The van der Waals surface area contributed by atoms with Crippen LogP contribution >= 0.6 is 0 Å². The number of likely N-dealkylation sites (tertiary alicyclic amines) is 1. The molecule has 0 spiro atoms. The third kappa shape index (κ3) is 6.36. The van der Waals surface area contributed by atoms with Gasteiger partial charge < -0.3 is 15.0 Å². The van der Waals surface area contributed by atoms with Crippen molar-refractivity contribution in [1.29, 1.82) is 0 Å². The van der Waals surface area contributed by atoms with E-state index in [9.17, 15) is 9.59 Å². The largest absolute Gasteiger partial charge is 0.483 e. The minimum absolute atomic E-state index is 0.0197. The van der Waals surface area contributed by atoms with E-state index < -0.39 is 0 Å². The molecule has 0 unspecified atom stereocenters. The fraction of sp³-hybridized carbons (Fsp3) is 0.619. The number of rotatable bonds is 8. The Labute approximate surface area is 157 Å². The van der Waals surface area contributed by atoms with E-state index in [-0.39, 0.29) is 18.4 Å². The minimum atomic E-state index is -0.122. The number of hydrogen-bond acceptors (Lipinski definition) is 3. The van der Waals surface area contributed by atoms with Gasteiger partial charge in [0.05, 0.1) is 0 Å². The van der Waals surface area contributed by atoms with Crippen LogP contribution in [0.5, 0.6) is 5.75 Å². The van der Waals surface area contributed by atoms with E-state index in [2.05, 4.69) is 31.3 Å². The molecule has 26 heavy (non-hydrogen) atoms. The first kappa shape index (κ1) is 20.3. The maximum atomic E-state index is 12.0. The minimum Gasteiger partial charge on any atom is -0.483 e. The predicted molar refractivity (Wildman–Crippen MR) is 103 cm³/mol. The summed E-state index contributed by atoms with van der Waals surface area (Å²) in [6.07, 6.45) is 4.66. The van der Waals surface area contributed by atoms with Gasteiger partial charge in [-0.15, -0.1) is 0 Å². The second-order valence-corrected chi connectivity index (χ2v) is 7.38. The van der Waals surface area contributed by atoms with Gasteiger partial charge in [-0.05, 0) is 49.3 Å². The van der Waals surface area contributed by atoms with Crippen molar-refractivity contribution in [1.82, 2.24) is 10.2 Å². The number of aryl methyl sites for hydroxylation is 1. The van der Waals surface area contributed by atoms with Crippen molar-refractivity contribution < 1.29 is 14.3 Å². The number of ether oxygens (including phenoxy) is 1. The average Bonchev–Trinajstić information content (AvgIpc) is 2.81. The molecule has 0 aromatic heterocycles. The summed E-state index contributed by atoms with van der Waals surface area (Å²) in [6.45, 7) is 8.39. The lowest BCUT2D eigenvalue weighted by atomic mass is 10.0. The van der Waals surface area contributed by atoms with Crippen LogP contribution in [0.3, 0.4) is 0 Å². The molecule has 0 radical (unpaired) electrons. The molecule has 144 valence electrons. The molecule has 0 aliphatic carbocycles. The number of nitrogens with zero attached hydrogens (tertiary/aromatic N) is 1. The van der Waals surface area contributed by atoms with Gasteiger partial charge in [-0.1, -0.05) is 32.4 Å². The number of amides is 2. The lowest BCUT2D eigenvalue weighted by Gasteiger charge is -2.20. The Kier molecular flexibility index (Phi) is 7.95. The summed E-state index contributed by atoms with van der Waals surface area (Å²) in [4.78, 5) is 25.9. The number of carbonyl (C=O) groups is 2. The molecule has 1 aromatic rings. The second kappa shape index (κ2) is 10.2. The highest BCUT2D eigenvalue weighted by Crippen LogP contribution is 2.27. The lowest BCUT2D eigenvalue weighted by molar-refractivity contribution is -0.130. The van der Waals surface area contributed by atoms with Gasteiger partial charge >= 0.3 is 0 Å². The summed E-state index contributed by atoms with van der Waals surface area (Å²) in [5.74, 6) is 1.26. The molecule has 5 heteroatoms. The molecule has 1 aliphatic heterocycles. The molecular formula is C21H32N2O3. The molecule has 1 aliphatic rings. The third-order valence-electron chi connectivity index (χ3n) is 4.75. The van der Waals surface area contributed by atoms with Gasteiger partial charge in [0.1, 0.15) is 5.75 Å². The summed E-state index contributed by atoms with van der Waals surface area (Å²) in [6, 6.07) is 6.10. The van der Waals surface area contributed by atoms with Crippen LogP contribution in [0.1, 0.15) is 63.0 Å². The fourth-order valence-corrected chi connectivity index (χ4v) is 3.21. The highest BCUT2D eigenvalue weighted by atomic mass is 16.5. The van der Waals surface area contributed by atoms with Gasteiger partial charge in [0.25, 0.3) is 5.91 Å². The Balaban J connectivity index is 1.71.